The van der Waals surface area contributed by atoms with Crippen molar-refractivity contribution in [2.24, 2.45) is 0 Å². The highest BCUT2D eigenvalue weighted by atomic mass is 28.4. The summed E-state index contributed by atoms with van der Waals surface area (Å²) in [6.45, 7) is 26.1. The first kappa shape index (κ1) is 38.8. The molecule has 2 rings (SSSR count). The molecule has 0 aliphatic carbocycles. The average Bonchev–Trinajstić information content (AvgIpc) is 2.98. The lowest BCUT2D eigenvalue weighted by Gasteiger charge is -2.44. The average molecular weight is 657 g/mol. The zero-order valence-electron chi connectivity index (χ0n) is 30.0. The Bertz CT molecular complexity index is 1040. The predicted octanol–water partition coefficient (Wildman–Crippen LogP) is 9.49. The van der Waals surface area contributed by atoms with E-state index < -0.39 is 25.0 Å². The molecule has 2 aromatic carbocycles. The Morgan fingerprint density at radius 2 is 1.11 bits per heavy atom. The first-order chi connectivity index (χ1) is 20.6. The summed E-state index contributed by atoms with van der Waals surface area (Å²) in [5.41, 5.74) is 0. The highest BCUT2D eigenvalue weighted by molar-refractivity contribution is 6.99. The van der Waals surface area contributed by atoms with Crippen LogP contribution in [0.25, 0.3) is 0 Å². The first-order valence-electron chi connectivity index (χ1n) is 17.2. The fourth-order valence-corrected chi connectivity index (χ4v) is 15.1. The van der Waals surface area contributed by atoms with Crippen LogP contribution in [0.2, 0.25) is 41.3 Å². The van der Waals surface area contributed by atoms with Crippen LogP contribution in [-0.2, 0) is 18.1 Å². The quantitative estimate of drug-likeness (QED) is 0.112. The summed E-state index contributed by atoms with van der Waals surface area (Å²) in [5, 5.41) is 2.67. The predicted molar refractivity (Wildman–Crippen MR) is 197 cm³/mol. The minimum atomic E-state index is -2.62. The van der Waals surface area contributed by atoms with Crippen LogP contribution < -0.4 is 10.4 Å². The fraction of sp³-hybridized carbons (Fsp3) is 0.649. The number of rotatable bonds is 19. The molecule has 248 valence electrons. The lowest BCUT2D eigenvalue weighted by Crippen LogP contribution is -2.66. The molecule has 44 heavy (non-hydrogen) atoms. The number of hydrogen-bond donors (Lipinski definition) is 0. The largest absolute Gasteiger partial charge is 0.414 e. The molecule has 0 heterocycles. The van der Waals surface area contributed by atoms with Crippen molar-refractivity contribution in [2.75, 3.05) is 6.61 Å². The zero-order chi connectivity index (χ0) is 33.1. The SMILES string of the molecule is CC[Si](CC)(CC)OC(CCC=O)CCC(CCO[Si](c1ccccc1)(c1ccccc1)C(C)(C)C)O[Si](C)(C)C(C)(C)C. The molecule has 2 unspecified atom stereocenters. The van der Waals surface area contributed by atoms with Gasteiger partial charge in [0.05, 0.1) is 0 Å². The van der Waals surface area contributed by atoms with Gasteiger partial charge in [-0.1, -0.05) is 123 Å². The van der Waals surface area contributed by atoms with Gasteiger partial charge < -0.3 is 18.1 Å². The Kier molecular flexibility index (Phi) is 15.0. The van der Waals surface area contributed by atoms with Crippen molar-refractivity contribution >= 4 is 41.6 Å². The van der Waals surface area contributed by atoms with Crippen LogP contribution in [0.5, 0.6) is 0 Å². The van der Waals surface area contributed by atoms with E-state index in [0.29, 0.717) is 13.0 Å². The number of carbonyl (C=O) groups is 1. The number of carbonyl (C=O) groups excluding carboxylic acids is 1. The molecular formula is C37H64O4Si3. The molecule has 2 aromatic rings. The Balaban J connectivity index is 2.40. The highest BCUT2D eigenvalue weighted by Crippen LogP contribution is 2.40. The monoisotopic (exact) mass is 656 g/mol. The van der Waals surface area contributed by atoms with Crippen molar-refractivity contribution < 1.29 is 18.1 Å². The molecule has 0 bridgehead atoms. The molecular weight excluding hydrogens is 593 g/mol. The molecule has 0 aliphatic heterocycles. The maximum Gasteiger partial charge on any atom is 0.261 e. The van der Waals surface area contributed by atoms with Crippen LogP contribution in [-0.4, -0.2) is 50.1 Å². The van der Waals surface area contributed by atoms with Gasteiger partial charge >= 0.3 is 0 Å². The van der Waals surface area contributed by atoms with Crippen LogP contribution in [0.15, 0.2) is 60.7 Å². The maximum atomic E-state index is 11.4. The van der Waals surface area contributed by atoms with Gasteiger partial charge in [0.1, 0.15) is 6.29 Å². The molecule has 0 aromatic heterocycles. The van der Waals surface area contributed by atoms with E-state index in [9.17, 15) is 4.79 Å². The minimum Gasteiger partial charge on any atom is -0.414 e. The number of benzene rings is 2. The smallest absolute Gasteiger partial charge is 0.261 e. The van der Waals surface area contributed by atoms with Gasteiger partial charge in [-0.15, -0.1) is 0 Å². The second-order valence-corrected chi connectivity index (χ2v) is 28.9. The van der Waals surface area contributed by atoms with E-state index in [2.05, 4.69) is 136 Å². The summed E-state index contributed by atoms with van der Waals surface area (Å²) in [6.07, 6.45) is 5.26. The third-order valence-corrected chi connectivity index (χ3v) is 24.5. The van der Waals surface area contributed by atoms with Gasteiger partial charge in [-0.3, -0.25) is 0 Å². The van der Waals surface area contributed by atoms with E-state index in [1.807, 2.05) is 0 Å². The Labute approximate surface area is 274 Å². The van der Waals surface area contributed by atoms with E-state index in [0.717, 1.165) is 50.1 Å². The molecule has 7 heteroatoms. The summed E-state index contributed by atoms with van der Waals surface area (Å²) in [4.78, 5) is 11.4. The molecule has 2 atom stereocenters. The topological polar surface area (TPSA) is 44.8 Å². The van der Waals surface area contributed by atoms with Crippen LogP contribution in [0.1, 0.15) is 94.4 Å². The van der Waals surface area contributed by atoms with Crippen LogP contribution in [0, 0.1) is 0 Å². The Morgan fingerprint density at radius 3 is 1.50 bits per heavy atom. The maximum absolute atomic E-state index is 11.4. The molecule has 0 saturated heterocycles. The lowest BCUT2D eigenvalue weighted by molar-refractivity contribution is -0.108. The van der Waals surface area contributed by atoms with Crippen molar-refractivity contribution in [1.82, 2.24) is 0 Å². The van der Waals surface area contributed by atoms with Crippen molar-refractivity contribution in [3.05, 3.63) is 60.7 Å². The van der Waals surface area contributed by atoms with E-state index in [1.165, 1.54) is 10.4 Å². The molecule has 0 N–H and O–H groups in total. The van der Waals surface area contributed by atoms with Crippen molar-refractivity contribution in [3.8, 4) is 0 Å². The third-order valence-electron chi connectivity index (χ3n) is 10.2. The van der Waals surface area contributed by atoms with Crippen LogP contribution in [0.4, 0.5) is 0 Å². The molecule has 0 saturated carbocycles. The van der Waals surface area contributed by atoms with E-state index in [1.54, 1.807) is 0 Å². The van der Waals surface area contributed by atoms with Crippen molar-refractivity contribution in [1.29, 1.82) is 0 Å². The normalized spacial score (nSPS) is 14.8. The van der Waals surface area contributed by atoms with Gasteiger partial charge in [-0.05, 0) is 77.4 Å². The summed E-state index contributed by atoms with van der Waals surface area (Å²) >= 11 is 0. The van der Waals surface area contributed by atoms with Gasteiger partial charge in [-0.2, -0.15) is 0 Å². The highest BCUT2D eigenvalue weighted by Gasteiger charge is 2.50. The van der Waals surface area contributed by atoms with Gasteiger partial charge in [0, 0.05) is 25.2 Å². The molecule has 0 aliphatic rings. The Hall–Kier alpha value is -1.36. The second-order valence-electron chi connectivity index (χ2n) is 15.1. The van der Waals surface area contributed by atoms with Crippen LogP contribution in [0.3, 0.4) is 0 Å². The standard InChI is InChI=1S/C37H64O4Si3/c1-12-43(13-2,14-3)41-32(22-21-30-38)27-28-33(40-42(10,11)36(4,5)6)29-31-39-44(37(7,8)9,34-23-17-15-18-24-34)35-25-19-16-20-26-35/h15-20,23-26,30,32-33H,12-14,21-22,27-29,31H2,1-11H3. The number of hydrogen-bond acceptors (Lipinski definition) is 4. The summed E-state index contributed by atoms with van der Waals surface area (Å²) in [7, 11) is -6.44. The van der Waals surface area contributed by atoms with Crippen LogP contribution >= 0.6 is 0 Å². The second kappa shape index (κ2) is 17.0. The first-order valence-corrected chi connectivity index (χ1v) is 24.5. The summed E-state index contributed by atoms with van der Waals surface area (Å²) < 4.78 is 21.4. The summed E-state index contributed by atoms with van der Waals surface area (Å²) in [6, 6.07) is 25.1. The lowest BCUT2D eigenvalue weighted by atomic mass is 10.0. The molecule has 0 amide bonds. The minimum absolute atomic E-state index is 0.0618. The van der Waals surface area contributed by atoms with Gasteiger partial charge in [0.25, 0.3) is 8.32 Å². The molecule has 0 radical (unpaired) electrons. The summed E-state index contributed by atoms with van der Waals surface area (Å²) in [5.74, 6) is 0. The molecule has 0 fully saturated rings. The van der Waals surface area contributed by atoms with Crippen molar-refractivity contribution in [2.45, 2.75) is 148 Å². The zero-order valence-corrected chi connectivity index (χ0v) is 33.0. The van der Waals surface area contributed by atoms with E-state index in [4.69, 9.17) is 13.3 Å². The molecule has 0 spiro atoms. The fourth-order valence-electron chi connectivity index (χ4n) is 6.20. The van der Waals surface area contributed by atoms with Gasteiger partial charge in [0.2, 0.25) is 0 Å². The van der Waals surface area contributed by atoms with Gasteiger partial charge in [-0.25, -0.2) is 0 Å². The van der Waals surface area contributed by atoms with E-state index in [-0.39, 0.29) is 22.3 Å². The van der Waals surface area contributed by atoms with Crippen molar-refractivity contribution in [3.63, 3.8) is 0 Å². The van der Waals surface area contributed by atoms with Gasteiger partial charge in [0.15, 0.2) is 16.6 Å². The Morgan fingerprint density at radius 1 is 0.659 bits per heavy atom. The molecule has 4 nitrogen and oxygen atoms in total. The van der Waals surface area contributed by atoms with E-state index >= 15 is 0 Å². The third kappa shape index (κ3) is 10.1. The number of aldehydes is 1.